The van der Waals surface area contributed by atoms with Crippen LogP contribution in [0.3, 0.4) is 0 Å². The summed E-state index contributed by atoms with van der Waals surface area (Å²) in [5, 5.41) is 0. The van der Waals surface area contributed by atoms with Gasteiger partial charge in [-0.15, -0.1) is 0 Å². The van der Waals surface area contributed by atoms with Crippen molar-refractivity contribution >= 4 is 34.1 Å². The summed E-state index contributed by atoms with van der Waals surface area (Å²) in [5.41, 5.74) is 0. The van der Waals surface area contributed by atoms with Crippen LogP contribution in [-0.4, -0.2) is 58.9 Å². The van der Waals surface area contributed by atoms with Gasteiger partial charge in [0.15, 0.2) is 0 Å². The molecule has 0 aromatic carbocycles. The average molecular weight is 286 g/mol. The zero-order valence-electron chi connectivity index (χ0n) is 11.1. The van der Waals surface area contributed by atoms with Crippen molar-refractivity contribution in [2.24, 2.45) is 5.92 Å². The van der Waals surface area contributed by atoms with Crippen molar-refractivity contribution < 1.29 is 4.79 Å². The average Bonchev–Trinajstić information content (AvgIpc) is 2.38. The second-order valence-corrected chi connectivity index (χ2v) is 6.93. The predicted molar refractivity (Wildman–Crippen MR) is 81.1 cm³/mol. The molecule has 1 saturated carbocycles. The van der Waals surface area contributed by atoms with Gasteiger partial charge in [-0.05, 0) is 19.9 Å². The standard InChI is InChI=1S/C13H22N2OS2/c1-14-6-8-15(9-7-14)13(17)18-10-11-4-2-3-5-12(11)16/h11H,2-10H2,1H3. The fourth-order valence-corrected chi connectivity index (χ4v) is 3.93. The van der Waals surface area contributed by atoms with Crippen molar-refractivity contribution in [3.05, 3.63) is 0 Å². The minimum absolute atomic E-state index is 0.258. The topological polar surface area (TPSA) is 23.6 Å². The Bertz CT molecular complexity index is 314. The zero-order chi connectivity index (χ0) is 13.0. The number of rotatable bonds is 2. The van der Waals surface area contributed by atoms with Crippen molar-refractivity contribution in [1.82, 2.24) is 9.80 Å². The summed E-state index contributed by atoms with van der Waals surface area (Å²) < 4.78 is 0.987. The zero-order valence-corrected chi connectivity index (χ0v) is 12.7. The maximum Gasteiger partial charge on any atom is 0.136 e. The van der Waals surface area contributed by atoms with Gasteiger partial charge in [0.25, 0.3) is 0 Å². The molecule has 1 heterocycles. The number of piperazine rings is 1. The molecular weight excluding hydrogens is 264 g/mol. The first kappa shape index (κ1) is 14.3. The fourth-order valence-electron chi connectivity index (χ4n) is 2.48. The van der Waals surface area contributed by atoms with Crippen LogP contribution < -0.4 is 0 Å². The number of likely N-dealkylation sites (N-methyl/N-ethyl adjacent to an activating group) is 1. The van der Waals surface area contributed by atoms with E-state index in [0.717, 1.165) is 55.5 Å². The predicted octanol–water partition coefficient (Wildman–Crippen LogP) is 2.01. The molecule has 2 rings (SSSR count). The van der Waals surface area contributed by atoms with E-state index in [4.69, 9.17) is 12.2 Å². The third-order valence-corrected chi connectivity index (χ3v) is 5.54. The first-order valence-electron chi connectivity index (χ1n) is 6.80. The van der Waals surface area contributed by atoms with Crippen LogP contribution in [0, 0.1) is 5.92 Å². The lowest BCUT2D eigenvalue weighted by Gasteiger charge is -2.34. The molecule has 1 atom stereocenters. The molecule has 1 saturated heterocycles. The summed E-state index contributed by atoms with van der Waals surface area (Å²) in [7, 11) is 2.15. The summed E-state index contributed by atoms with van der Waals surface area (Å²) in [6, 6.07) is 0. The Labute approximate surface area is 119 Å². The third kappa shape index (κ3) is 3.93. The van der Waals surface area contributed by atoms with E-state index >= 15 is 0 Å². The van der Waals surface area contributed by atoms with Crippen molar-refractivity contribution in [3.8, 4) is 0 Å². The molecular formula is C13H22N2OS2. The Morgan fingerprint density at radius 1 is 1.33 bits per heavy atom. The Morgan fingerprint density at radius 2 is 2.06 bits per heavy atom. The number of thioether (sulfide) groups is 1. The van der Waals surface area contributed by atoms with Crippen LogP contribution in [0.4, 0.5) is 0 Å². The van der Waals surface area contributed by atoms with Crippen LogP contribution in [-0.2, 0) is 4.79 Å². The summed E-state index contributed by atoms with van der Waals surface area (Å²) >= 11 is 7.19. The molecule has 0 aromatic heterocycles. The van der Waals surface area contributed by atoms with Gasteiger partial charge in [0.05, 0.1) is 0 Å². The highest BCUT2D eigenvalue weighted by Crippen LogP contribution is 2.25. The first-order chi connectivity index (χ1) is 8.66. The van der Waals surface area contributed by atoms with Gasteiger partial charge in [-0.1, -0.05) is 30.4 Å². The molecule has 0 spiro atoms. The normalized spacial score (nSPS) is 26.4. The van der Waals surface area contributed by atoms with Gasteiger partial charge < -0.3 is 9.80 Å². The summed E-state index contributed by atoms with van der Waals surface area (Å²) in [5.74, 6) is 1.60. The van der Waals surface area contributed by atoms with E-state index in [1.807, 2.05) is 0 Å². The lowest BCUT2D eigenvalue weighted by Crippen LogP contribution is -2.46. The molecule has 0 aromatic rings. The van der Waals surface area contributed by atoms with Gasteiger partial charge >= 0.3 is 0 Å². The third-order valence-electron chi connectivity index (χ3n) is 3.85. The van der Waals surface area contributed by atoms with Gasteiger partial charge in [-0.2, -0.15) is 0 Å². The maximum atomic E-state index is 11.7. The van der Waals surface area contributed by atoms with E-state index < -0.39 is 0 Å². The quantitative estimate of drug-likeness (QED) is 0.723. The van der Waals surface area contributed by atoms with Crippen LogP contribution in [0.25, 0.3) is 0 Å². The van der Waals surface area contributed by atoms with E-state index in [1.165, 1.54) is 6.42 Å². The van der Waals surface area contributed by atoms with E-state index in [0.29, 0.717) is 5.78 Å². The number of nitrogens with zero attached hydrogens (tertiary/aromatic N) is 2. The van der Waals surface area contributed by atoms with E-state index in [9.17, 15) is 4.79 Å². The molecule has 1 aliphatic heterocycles. The number of hydrogen-bond acceptors (Lipinski definition) is 4. The molecule has 18 heavy (non-hydrogen) atoms. The molecule has 0 amide bonds. The van der Waals surface area contributed by atoms with E-state index in [1.54, 1.807) is 11.8 Å². The molecule has 1 unspecified atom stereocenters. The van der Waals surface area contributed by atoms with Crippen molar-refractivity contribution in [3.63, 3.8) is 0 Å². The molecule has 2 fully saturated rings. The number of carbonyl (C=O) groups is 1. The van der Waals surface area contributed by atoms with Crippen LogP contribution in [0.15, 0.2) is 0 Å². The van der Waals surface area contributed by atoms with Gasteiger partial charge in [-0.25, -0.2) is 0 Å². The summed E-state index contributed by atoms with van der Waals surface area (Å²) in [4.78, 5) is 16.4. The second kappa shape index (κ2) is 6.87. The number of hydrogen-bond donors (Lipinski definition) is 0. The monoisotopic (exact) mass is 286 g/mol. The number of Topliss-reactive ketones (excluding diaryl/α,β-unsaturated/α-hetero) is 1. The van der Waals surface area contributed by atoms with Gasteiger partial charge in [-0.3, -0.25) is 4.79 Å². The number of carbonyl (C=O) groups excluding carboxylic acids is 1. The van der Waals surface area contributed by atoms with E-state index in [-0.39, 0.29) is 5.92 Å². The number of ketones is 1. The van der Waals surface area contributed by atoms with Crippen LogP contribution in [0.5, 0.6) is 0 Å². The molecule has 0 radical (unpaired) electrons. The van der Waals surface area contributed by atoms with Gasteiger partial charge in [0.2, 0.25) is 0 Å². The Hall–Kier alpha value is -0.130. The molecule has 3 nitrogen and oxygen atoms in total. The van der Waals surface area contributed by atoms with Crippen LogP contribution in [0.2, 0.25) is 0 Å². The minimum atomic E-state index is 0.258. The maximum absolute atomic E-state index is 11.7. The lowest BCUT2D eigenvalue weighted by atomic mass is 9.89. The minimum Gasteiger partial charge on any atom is -0.355 e. The fraction of sp³-hybridized carbons (Fsp3) is 0.846. The molecule has 2 aliphatic rings. The van der Waals surface area contributed by atoms with Crippen molar-refractivity contribution in [2.45, 2.75) is 25.7 Å². The lowest BCUT2D eigenvalue weighted by molar-refractivity contribution is -0.123. The highest BCUT2D eigenvalue weighted by Gasteiger charge is 2.24. The Balaban J connectivity index is 1.72. The molecule has 0 bridgehead atoms. The molecule has 0 N–H and O–H groups in total. The summed E-state index contributed by atoms with van der Waals surface area (Å²) in [6.07, 6.45) is 4.14. The number of thiocarbonyl (C=S) groups is 1. The van der Waals surface area contributed by atoms with Crippen molar-refractivity contribution in [1.29, 1.82) is 0 Å². The smallest absolute Gasteiger partial charge is 0.136 e. The van der Waals surface area contributed by atoms with Crippen LogP contribution in [0.1, 0.15) is 25.7 Å². The highest BCUT2D eigenvalue weighted by molar-refractivity contribution is 8.22. The summed E-state index contributed by atoms with van der Waals surface area (Å²) in [6.45, 7) is 4.23. The SMILES string of the molecule is CN1CCN(C(=S)SCC2CCCCC2=O)CC1. The van der Waals surface area contributed by atoms with Gasteiger partial charge in [0.1, 0.15) is 10.1 Å². The first-order valence-corrected chi connectivity index (χ1v) is 8.19. The van der Waals surface area contributed by atoms with Crippen LogP contribution >= 0.6 is 24.0 Å². The largest absolute Gasteiger partial charge is 0.355 e. The molecule has 5 heteroatoms. The van der Waals surface area contributed by atoms with Gasteiger partial charge in [0, 0.05) is 44.3 Å². The molecule has 102 valence electrons. The Kier molecular flexibility index (Phi) is 5.45. The molecule has 1 aliphatic carbocycles. The van der Waals surface area contributed by atoms with Crippen molar-refractivity contribution in [2.75, 3.05) is 39.0 Å². The highest BCUT2D eigenvalue weighted by atomic mass is 32.2. The Morgan fingerprint density at radius 3 is 2.72 bits per heavy atom. The van der Waals surface area contributed by atoms with E-state index in [2.05, 4.69) is 16.8 Å². The second-order valence-electron chi connectivity index (χ2n) is 5.28.